The minimum Gasteiger partial charge on any atom is -0.391 e. The van der Waals surface area contributed by atoms with Gasteiger partial charge in [-0.15, -0.1) is 5.10 Å². The highest BCUT2D eigenvalue weighted by molar-refractivity contribution is 7.89. The van der Waals surface area contributed by atoms with Crippen molar-refractivity contribution < 1.29 is 17.2 Å². The van der Waals surface area contributed by atoms with Gasteiger partial charge in [-0.2, -0.15) is 4.31 Å². The van der Waals surface area contributed by atoms with Gasteiger partial charge in [0.2, 0.25) is 15.9 Å². The minimum absolute atomic E-state index is 0.0633. The van der Waals surface area contributed by atoms with E-state index in [1.807, 2.05) is 25.7 Å². The summed E-state index contributed by atoms with van der Waals surface area (Å²) >= 11 is 6.18. The number of halogens is 2. The molecule has 0 saturated carbocycles. The zero-order chi connectivity index (χ0) is 24.9. The summed E-state index contributed by atoms with van der Waals surface area (Å²) in [6.07, 6.45) is 0. The number of aromatic amines is 1. The summed E-state index contributed by atoms with van der Waals surface area (Å²) in [5.41, 5.74) is 2.36. The molecule has 0 spiro atoms. The maximum Gasteiger partial charge on any atom is 0.434 e. The summed E-state index contributed by atoms with van der Waals surface area (Å²) in [6, 6.07) is 6.42. The molecule has 2 heterocycles. The lowest BCUT2D eigenvalue weighted by atomic mass is 9.87. The van der Waals surface area contributed by atoms with Crippen LogP contribution in [0.4, 0.5) is 10.1 Å². The van der Waals surface area contributed by atoms with Crippen molar-refractivity contribution in [1.29, 1.82) is 0 Å². The second-order valence-electron chi connectivity index (χ2n) is 8.80. The van der Waals surface area contributed by atoms with E-state index in [2.05, 4.69) is 10.2 Å². The first-order valence-electron chi connectivity index (χ1n) is 10.8. The molecule has 4 rings (SSSR count). The first-order chi connectivity index (χ1) is 15.9. The highest BCUT2D eigenvalue weighted by Gasteiger charge is 2.45. The van der Waals surface area contributed by atoms with Crippen LogP contribution >= 0.6 is 11.6 Å². The van der Waals surface area contributed by atoms with Crippen LogP contribution in [0, 0.1) is 19.7 Å². The number of H-pyrrole nitrogens is 1. The van der Waals surface area contributed by atoms with E-state index in [0.717, 1.165) is 5.56 Å². The molecule has 182 valence electrons. The van der Waals surface area contributed by atoms with Crippen LogP contribution in [0.3, 0.4) is 0 Å². The second kappa shape index (κ2) is 8.83. The van der Waals surface area contributed by atoms with Crippen molar-refractivity contribution in [2.24, 2.45) is 0 Å². The molecule has 0 bridgehead atoms. The molecule has 1 aliphatic heterocycles. The maximum absolute atomic E-state index is 15.1. The van der Waals surface area contributed by atoms with Crippen molar-refractivity contribution in [2.45, 2.75) is 57.5 Å². The Balaban J connectivity index is 1.95. The number of benzene rings is 2. The Morgan fingerprint density at radius 2 is 1.88 bits per heavy atom. The van der Waals surface area contributed by atoms with E-state index < -0.39 is 33.6 Å². The lowest BCUT2D eigenvalue weighted by molar-refractivity contribution is 0.231. The van der Waals surface area contributed by atoms with E-state index in [4.69, 9.17) is 16.0 Å². The molecule has 1 N–H and O–H groups in total. The molecule has 34 heavy (non-hydrogen) atoms. The Morgan fingerprint density at radius 3 is 2.50 bits per heavy atom. The number of hydrogen-bond acceptors (Lipinski definition) is 6. The Kier molecular flexibility index (Phi) is 6.34. The summed E-state index contributed by atoms with van der Waals surface area (Å²) in [6.45, 7) is 9.13. The van der Waals surface area contributed by atoms with Crippen molar-refractivity contribution in [3.63, 3.8) is 0 Å². The maximum atomic E-state index is 15.1. The lowest BCUT2D eigenvalue weighted by Crippen LogP contribution is -2.51. The predicted molar refractivity (Wildman–Crippen MR) is 127 cm³/mol. The van der Waals surface area contributed by atoms with Crippen molar-refractivity contribution in [2.75, 3.05) is 11.6 Å². The molecule has 2 atom stereocenters. The quantitative estimate of drug-likeness (QED) is 0.545. The van der Waals surface area contributed by atoms with E-state index in [9.17, 15) is 13.2 Å². The van der Waals surface area contributed by atoms with Crippen LogP contribution in [0.25, 0.3) is 0 Å². The third-order valence-electron chi connectivity index (χ3n) is 6.41. The predicted octanol–water partition coefficient (Wildman–Crippen LogP) is 4.49. The highest BCUT2D eigenvalue weighted by atomic mass is 35.5. The largest absolute Gasteiger partial charge is 0.434 e. The standard InChI is InChI=1S/C23H26ClFN4O4S/c1-12(2)28-11-29(34(31,32)19-9-7-16(24)10-18(19)28)21(22-26-27-23(30)33-22)15(5)20-14(4)13(3)6-8-17(20)25/h6-10,12,15,21H,11H2,1-5H3,(H,27,30)/t15-,21+/m1/s1. The molecule has 0 amide bonds. The van der Waals surface area contributed by atoms with Crippen LogP contribution in [0.1, 0.15) is 55.3 Å². The number of aromatic nitrogens is 2. The minimum atomic E-state index is -4.10. The number of nitrogens with zero attached hydrogens (tertiary/aromatic N) is 3. The van der Waals surface area contributed by atoms with Gasteiger partial charge in [-0.05, 0) is 68.7 Å². The summed E-state index contributed by atoms with van der Waals surface area (Å²) in [7, 11) is -4.10. The summed E-state index contributed by atoms with van der Waals surface area (Å²) in [5.74, 6) is -2.16. The number of sulfonamides is 1. The SMILES string of the molecule is Cc1ccc(F)c([C@@H](C)[C@@H](c2n[nH]c(=O)o2)N2CN(C(C)C)c3cc(Cl)ccc3S2(=O)=O)c1C. The molecule has 0 fully saturated rings. The monoisotopic (exact) mass is 508 g/mol. The summed E-state index contributed by atoms with van der Waals surface area (Å²) in [5, 5.41) is 6.57. The van der Waals surface area contributed by atoms with Gasteiger partial charge in [0.05, 0.1) is 12.4 Å². The van der Waals surface area contributed by atoms with Crippen LogP contribution in [0.5, 0.6) is 0 Å². The van der Waals surface area contributed by atoms with Gasteiger partial charge >= 0.3 is 5.76 Å². The molecule has 0 aliphatic carbocycles. The van der Waals surface area contributed by atoms with Gasteiger partial charge in [0.15, 0.2) is 0 Å². The second-order valence-corrected chi connectivity index (χ2v) is 11.1. The molecule has 1 aromatic heterocycles. The molecule has 11 heteroatoms. The molecule has 8 nitrogen and oxygen atoms in total. The molecule has 2 aromatic carbocycles. The molecule has 0 unspecified atom stereocenters. The van der Waals surface area contributed by atoms with Gasteiger partial charge in [-0.25, -0.2) is 22.7 Å². The molecule has 3 aromatic rings. The first kappa shape index (κ1) is 24.4. The Labute approximate surface area is 202 Å². The molecular weight excluding hydrogens is 483 g/mol. The number of rotatable bonds is 5. The fourth-order valence-corrected chi connectivity index (χ4v) is 6.46. The normalized spacial score (nSPS) is 17.6. The number of fused-ring (bicyclic) bond motifs is 1. The fraction of sp³-hybridized carbons (Fsp3) is 0.391. The third kappa shape index (κ3) is 4.03. The zero-order valence-electron chi connectivity index (χ0n) is 19.5. The van der Waals surface area contributed by atoms with Gasteiger partial charge in [0, 0.05) is 17.0 Å². The van der Waals surface area contributed by atoms with E-state index in [1.54, 1.807) is 26.0 Å². The third-order valence-corrected chi connectivity index (χ3v) is 8.51. The number of aryl methyl sites for hydroxylation is 1. The molecule has 0 saturated heterocycles. The molecule has 0 radical (unpaired) electrons. The van der Waals surface area contributed by atoms with E-state index in [0.29, 0.717) is 21.8 Å². The molecular formula is C23H26ClFN4O4S. The van der Waals surface area contributed by atoms with Gasteiger partial charge < -0.3 is 9.32 Å². The lowest BCUT2D eigenvalue weighted by Gasteiger charge is -2.43. The van der Waals surface area contributed by atoms with Crippen LogP contribution in [0.2, 0.25) is 5.02 Å². The van der Waals surface area contributed by atoms with Gasteiger partial charge in [-0.1, -0.05) is 24.6 Å². The van der Waals surface area contributed by atoms with E-state index in [1.165, 1.54) is 22.5 Å². The van der Waals surface area contributed by atoms with Gasteiger partial charge in [-0.3, -0.25) is 0 Å². The van der Waals surface area contributed by atoms with Crippen molar-refractivity contribution in [3.05, 3.63) is 74.3 Å². The number of anilines is 1. The smallest absolute Gasteiger partial charge is 0.391 e. The average Bonchev–Trinajstić information content (AvgIpc) is 3.18. The van der Waals surface area contributed by atoms with E-state index >= 15 is 4.39 Å². The Bertz CT molecular complexity index is 1400. The Hall–Kier alpha value is -2.69. The Morgan fingerprint density at radius 1 is 1.18 bits per heavy atom. The fourth-order valence-electron chi connectivity index (χ4n) is 4.52. The van der Waals surface area contributed by atoms with E-state index in [-0.39, 0.29) is 23.5 Å². The number of nitrogens with one attached hydrogen (secondary N) is 1. The van der Waals surface area contributed by atoms with Crippen molar-refractivity contribution >= 4 is 27.3 Å². The van der Waals surface area contributed by atoms with Crippen LogP contribution < -0.4 is 10.7 Å². The van der Waals surface area contributed by atoms with Crippen LogP contribution in [0.15, 0.2) is 44.4 Å². The van der Waals surface area contributed by atoms with Crippen LogP contribution in [-0.4, -0.2) is 35.6 Å². The number of hydrogen-bond donors (Lipinski definition) is 1. The zero-order valence-corrected chi connectivity index (χ0v) is 21.0. The first-order valence-corrected chi connectivity index (χ1v) is 12.6. The van der Waals surface area contributed by atoms with Gasteiger partial charge in [0.1, 0.15) is 16.8 Å². The molecule has 1 aliphatic rings. The van der Waals surface area contributed by atoms with Gasteiger partial charge in [0.25, 0.3) is 0 Å². The van der Waals surface area contributed by atoms with Crippen molar-refractivity contribution in [3.8, 4) is 0 Å². The summed E-state index contributed by atoms with van der Waals surface area (Å²) < 4.78 is 49.3. The van der Waals surface area contributed by atoms with Crippen molar-refractivity contribution in [1.82, 2.24) is 14.5 Å². The highest BCUT2D eigenvalue weighted by Crippen LogP contribution is 2.45. The average molecular weight is 509 g/mol. The topological polar surface area (TPSA) is 99.5 Å². The summed E-state index contributed by atoms with van der Waals surface area (Å²) in [4.78, 5) is 13.8. The van der Waals surface area contributed by atoms with Crippen LogP contribution in [-0.2, 0) is 10.0 Å².